The summed E-state index contributed by atoms with van der Waals surface area (Å²) < 4.78 is 5.99. The minimum atomic E-state index is 0.479. The second-order valence-electron chi connectivity index (χ2n) is 7.61. The summed E-state index contributed by atoms with van der Waals surface area (Å²) in [5.41, 5.74) is 2.20. The fourth-order valence-corrected chi connectivity index (χ4v) is 5.34. The molecular weight excluding hydrogens is 398 g/mol. The molecule has 1 fully saturated rings. The Morgan fingerprint density at radius 2 is 1.90 bits per heavy atom. The zero-order chi connectivity index (χ0) is 19.8. The van der Waals surface area contributed by atoms with Crippen molar-refractivity contribution >= 4 is 33.8 Å². The molecule has 2 aromatic heterocycles. The van der Waals surface area contributed by atoms with Gasteiger partial charge in [0.2, 0.25) is 0 Å². The lowest BCUT2D eigenvalue weighted by Crippen LogP contribution is -2.36. The van der Waals surface area contributed by atoms with Gasteiger partial charge in [-0.05, 0) is 43.7 Å². The van der Waals surface area contributed by atoms with E-state index in [1.807, 2.05) is 45.8 Å². The minimum Gasteiger partial charge on any atom is -0.303 e. The molecule has 29 heavy (non-hydrogen) atoms. The highest BCUT2D eigenvalue weighted by Gasteiger charge is 2.25. The van der Waals surface area contributed by atoms with E-state index in [-0.39, 0.29) is 0 Å². The highest BCUT2D eigenvalue weighted by Crippen LogP contribution is 2.33. The normalized spacial score (nSPS) is 17.8. The molecular formula is C22H23N5S2. The first kappa shape index (κ1) is 18.7. The summed E-state index contributed by atoms with van der Waals surface area (Å²) in [6.07, 6.45) is 2.37. The van der Waals surface area contributed by atoms with Crippen LogP contribution in [0.1, 0.15) is 23.8 Å². The number of para-hydroxylation sites is 1. The molecule has 148 valence electrons. The average Bonchev–Trinajstić information content (AvgIpc) is 3.31. The predicted molar refractivity (Wildman–Crippen MR) is 121 cm³/mol. The van der Waals surface area contributed by atoms with Gasteiger partial charge in [-0.3, -0.25) is 4.90 Å². The quantitative estimate of drug-likeness (QED) is 0.432. The van der Waals surface area contributed by atoms with Crippen molar-refractivity contribution in [3.63, 3.8) is 0 Å². The van der Waals surface area contributed by atoms with Crippen LogP contribution >= 0.6 is 23.6 Å². The summed E-state index contributed by atoms with van der Waals surface area (Å²) in [6.45, 7) is 2.79. The Hall–Kier alpha value is -2.35. The molecule has 1 aliphatic rings. The Labute approximate surface area is 179 Å². The monoisotopic (exact) mass is 421 g/mol. The fourth-order valence-electron chi connectivity index (χ4n) is 4.06. The molecule has 7 heteroatoms. The van der Waals surface area contributed by atoms with Crippen LogP contribution in [0, 0.1) is 4.77 Å². The lowest BCUT2D eigenvalue weighted by atomic mass is 9.99. The number of nitrogens with zero attached hydrogens (tertiary/aromatic N) is 5. The van der Waals surface area contributed by atoms with Gasteiger partial charge in [0.1, 0.15) is 0 Å². The third-order valence-electron chi connectivity index (χ3n) is 5.57. The molecule has 5 nitrogen and oxygen atoms in total. The van der Waals surface area contributed by atoms with E-state index in [0.29, 0.717) is 5.92 Å². The number of aromatic nitrogens is 4. The van der Waals surface area contributed by atoms with Crippen molar-refractivity contribution in [2.24, 2.45) is 7.05 Å². The molecule has 2 aromatic carbocycles. The van der Waals surface area contributed by atoms with Gasteiger partial charge in [0.05, 0.1) is 21.9 Å². The van der Waals surface area contributed by atoms with Crippen LogP contribution in [-0.2, 0) is 13.7 Å². The van der Waals surface area contributed by atoms with Gasteiger partial charge in [-0.25, -0.2) is 9.67 Å². The molecule has 0 N–H and O–H groups in total. The van der Waals surface area contributed by atoms with E-state index in [0.717, 1.165) is 41.4 Å². The number of fused-ring (bicyclic) bond motifs is 1. The molecule has 1 atom stereocenters. The third-order valence-corrected chi connectivity index (χ3v) is 7.26. The summed E-state index contributed by atoms with van der Waals surface area (Å²) in [5.74, 6) is 1.39. The second-order valence-corrected chi connectivity index (χ2v) is 9.04. The van der Waals surface area contributed by atoms with Crippen molar-refractivity contribution < 1.29 is 0 Å². The number of benzene rings is 2. The molecule has 0 unspecified atom stereocenters. The average molecular weight is 422 g/mol. The van der Waals surface area contributed by atoms with Crippen LogP contribution in [0.3, 0.4) is 0 Å². The van der Waals surface area contributed by atoms with E-state index < -0.39 is 0 Å². The lowest BCUT2D eigenvalue weighted by molar-refractivity contribution is 0.156. The third kappa shape index (κ3) is 3.66. The minimum absolute atomic E-state index is 0.479. The van der Waals surface area contributed by atoms with E-state index >= 15 is 0 Å². The first-order valence-electron chi connectivity index (χ1n) is 9.96. The van der Waals surface area contributed by atoms with Gasteiger partial charge in [-0.2, -0.15) is 5.10 Å². The summed E-state index contributed by atoms with van der Waals surface area (Å²) in [5, 5.41) is 6.08. The van der Waals surface area contributed by atoms with Crippen LogP contribution in [0.25, 0.3) is 21.6 Å². The van der Waals surface area contributed by atoms with Gasteiger partial charge >= 0.3 is 0 Å². The molecule has 0 saturated carbocycles. The number of hydrogen-bond donors (Lipinski definition) is 0. The SMILES string of the molecule is Cn1c(-c2ccccc2)nn(CN2CCC[C@@H](c3nc4ccccc4s3)C2)c1=S. The van der Waals surface area contributed by atoms with Crippen LogP contribution in [-0.4, -0.2) is 37.3 Å². The molecule has 0 radical (unpaired) electrons. The Morgan fingerprint density at radius 1 is 1.10 bits per heavy atom. The van der Waals surface area contributed by atoms with Crippen molar-refractivity contribution in [2.45, 2.75) is 25.4 Å². The maximum Gasteiger partial charge on any atom is 0.199 e. The van der Waals surface area contributed by atoms with E-state index in [1.165, 1.54) is 22.5 Å². The van der Waals surface area contributed by atoms with Crippen molar-refractivity contribution in [3.8, 4) is 11.4 Å². The van der Waals surface area contributed by atoms with Crippen molar-refractivity contribution in [2.75, 3.05) is 13.1 Å². The van der Waals surface area contributed by atoms with E-state index in [4.69, 9.17) is 22.3 Å². The number of rotatable bonds is 4. The number of piperidine rings is 1. The topological polar surface area (TPSA) is 38.9 Å². The van der Waals surface area contributed by atoms with Gasteiger partial charge in [0, 0.05) is 25.1 Å². The standard InChI is InChI=1S/C22H23N5S2/c1-25-20(16-8-3-2-4-9-16)24-27(22(25)28)15-26-13-7-10-17(14-26)21-23-18-11-5-6-12-19(18)29-21/h2-6,8-9,11-12,17H,7,10,13-15H2,1H3/t17-/m1/s1. The first-order chi connectivity index (χ1) is 14.2. The van der Waals surface area contributed by atoms with Gasteiger partial charge in [0.15, 0.2) is 10.6 Å². The van der Waals surface area contributed by atoms with E-state index in [1.54, 1.807) is 0 Å². The van der Waals surface area contributed by atoms with Crippen LogP contribution in [0.15, 0.2) is 54.6 Å². The fraction of sp³-hybridized carbons (Fsp3) is 0.318. The van der Waals surface area contributed by atoms with Gasteiger partial charge in [0.25, 0.3) is 0 Å². The Morgan fingerprint density at radius 3 is 2.72 bits per heavy atom. The molecule has 0 aliphatic carbocycles. The second kappa shape index (κ2) is 7.82. The van der Waals surface area contributed by atoms with Gasteiger partial charge < -0.3 is 4.57 Å². The summed E-state index contributed by atoms with van der Waals surface area (Å²) in [6, 6.07) is 18.7. The van der Waals surface area contributed by atoms with Crippen molar-refractivity contribution in [3.05, 3.63) is 64.4 Å². The highest BCUT2D eigenvalue weighted by molar-refractivity contribution is 7.71. The smallest absolute Gasteiger partial charge is 0.199 e. The van der Waals surface area contributed by atoms with Gasteiger partial charge in [-0.15, -0.1) is 11.3 Å². The van der Waals surface area contributed by atoms with Crippen LogP contribution < -0.4 is 0 Å². The van der Waals surface area contributed by atoms with Crippen LogP contribution in [0.5, 0.6) is 0 Å². The molecule has 0 bridgehead atoms. The Bertz CT molecular complexity index is 1160. The number of hydrogen-bond acceptors (Lipinski definition) is 5. The van der Waals surface area contributed by atoms with E-state index in [9.17, 15) is 0 Å². The van der Waals surface area contributed by atoms with Crippen molar-refractivity contribution in [1.82, 2.24) is 24.2 Å². The summed E-state index contributed by atoms with van der Waals surface area (Å²) in [4.78, 5) is 7.35. The molecule has 5 rings (SSSR count). The van der Waals surface area contributed by atoms with Crippen molar-refractivity contribution in [1.29, 1.82) is 0 Å². The number of thiazole rings is 1. The van der Waals surface area contributed by atoms with Crippen LogP contribution in [0.2, 0.25) is 0 Å². The summed E-state index contributed by atoms with van der Waals surface area (Å²) >= 11 is 7.51. The Balaban J connectivity index is 1.36. The largest absolute Gasteiger partial charge is 0.303 e. The molecule has 1 saturated heterocycles. The van der Waals surface area contributed by atoms with E-state index in [2.05, 4.69) is 41.3 Å². The molecule has 4 aromatic rings. The predicted octanol–water partition coefficient (Wildman–Crippen LogP) is 5.06. The van der Waals surface area contributed by atoms with Gasteiger partial charge in [-0.1, -0.05) is 42.5 Å². The molecule has 0 amide bonds. The summed E-state index contributed by atoms with van der Waals surface area (Å²) in [7, 11) is 1.99. The number of likely N-dealkylation sites (tertiary alicyclic amines) is 1. The molecule has 1 aliphatic heterocycles. The highest BCUT2D eigenvalue weighted by atomic mass is 32.1. The van der Waals surface area contributed by atoms with Crippen LogP contribution in [0.4, 0.5) is 0 Å². The maximum atomic E-state index is 5.68. The zero-order valence-corrected chi connectivity index (χ0v) is 18.0. The first-order valence-corrected chi connectivity index (χ1v) is 11.2. The maximum absolute atomic E-state index is 5.68. The zero-order valence-electron chi connectivity index (χ0n) is 16.4. The molecule has 3 heterocycles. The lowest BCUT2D eigenvalue weighted by Gasteiger charge is -2.31. The Kier molecular flexibility index (Phi) is 5.03. The molecule has 0 spiro atoms.